The van der Waals surface area contributed by atoms with Gasteiger partial charge in [-0.3, -0.25) is 0 Å². The number of rotatable bonds is 4. The minimum absolute atomic E-state index is 0.0555. The Hall–Kier alpha value is -1.20. The number of anilines is 1. The van der Waals surface area contributed by atoms with Gasteiger partial charge in [0.1, 0.15) is 0 Å². The number of aromatic nitrogens is 2. The highest BCUT2D eigenvalue weighted by molar-refractivity contribution is 5.37. The van der Waals surface area contributed by atoms with Gasteiger partial charge in [0.05, 0.1) is 6.10 Å². The molecule has 1 aromatic heterocycles. The lowest BCUT2D eigenvalue weighted by Gasteiger charge is -2.55. The molecular weight excluding hydrogens is 290 g/mol. The molecule has 0 amide bonds. The Morgan fingerprint density at radius 3 is 2.35 bits per heavy atom. The smallest absolute Gasteiger partial charge is 0.223 e. The molecule has 2 aliphatic rings. The number of nitrogens with one attached hydrogen (secondary N) is 1. The zero-order chi connectivity index (χ0) is 16.6. The van der Waals surface area contributed by atoms with Crippen molar-refractivity contribution in [2.24, 2.45) is 11.3 Å². The fourth-order valence-corrected chi connectivity index (χ4v) is 4.06. The molecule has 0 bridgehead atoms. The van der Waals surface area contributed by atoms with Crippen LogP contribution in [0.25, 0.3) is 0 Å². The molecule has 2 heterocycles. The first-order chi connectivity index (χ1) is 10.9. The fourth-order valence-electron chi connectivity index (χ4n) is 4.06. The van der Waals surface area contributed by atoms with Gasteiger partial charge in [-0.05, 0) is 51.0 Å². The van der Waals surface area contributed by atoms with E-state index in [1.807, 2.05) is 0 Å². The molecule has 2 fully saturated rings. The summed E-state index contributed by atoms with van der Waals surface area (Å²) < 4.78 is 5.47. The molecule has 2 N–H and O–H groups in total. The van der Waals surface area contributed by atoms with E-state index in [-0.39, 0.29) is 17.6 Å². The summed E-state index contributed by atoms with van der Waals surface area (Å²) >= 11 is 0. The molecule has 0 radical (unpaired) electrons. The van der Waals surface area contributed by atoms with Crippen LogP contribution in [0, 0.1) is 25.2 Å². The van der Waals surface area contributed by atoms with Gasteiger partial charge in [-0.1, -0.05) is 13.8 Å². The third-order valence-electron chi connectivity index (χ3n) is 5.58. The quantitative estimate of drug-likeness (QED) is 0.893. The van der Waals surface area contributed by atoms with Gasteiger partial charge < -0.3 is 15.2 Å². The Bertz CT molecular complexity index is 544. The van der Waals surface area contributed by atoms with Crippen molar-refractivity contribution in [1.29, 1.82) is 0 Å². The second kappa shape index (κ2) is 6.36. The van der Waals surface area contributed by atoms with Crippen molar-refractivity contribution in [2.75, 3.05) is 18.5 Å². The van der Waals surface area contributed by atoms with E-state index in [0.29, 0.717) is 11.9 Å². The van der Waals surface area contributed by atoms with E-state index in [0.717, 1.165) is 50.3 Å². The van der Waals surface area contributed by atoms with E-state index in [1.54, 1.807) is 0 Å². The lowest BCUT2D eigenvalue weighted by atomic mass is 9.58. The first-order valence-corrected chi connectivity index (χ1v) is 8.79. The van der Waals surface area contributed by atoms with Crippen LogP contribution >= 0.6 is 0 Å². The Balaban J connectivity index is 1.76. The van der Waals surface area contributed by atoms with E-state index in [1.165, 1.54) is 5.56 Å². The molecule has 1 aliphatic heterocycles. The van der Waals surface area contributed by atoms with Crippen molar-refractivity contribution in [3.8, 4) is 0 Å². The molecule has 128 valence electrons. The van der Waals surface area contributed by atoms with Crippen LogP contribution in [-0.4, -0.2) is 40.4 Å². The zero-order valence-corrected chi connectivity index (χ0v) is 14.7. The molecule has 2 atom stereocenters. The number of aliphatic hydroxyl groups excluding tert-OH is 1. The van der Waals surface area contributed by atoms with Crippen LogP contribution in [0.1, 0.15) is 50.1 Å². The third kappa shape index (κ3) is 3.09. The number of ether oxygens (including phenoxy) is 1. The summed E-state index contributed by atoms with van der Waals surface area (Å²) in [5, 5.41) is 13.8. The molecule has 23 heavy (non-hydrogen) atoms. The topological polar surface area (TPSA) is 67.3 Å². The number of aryl methyl sites for hydroxylation is 2. The second-order valence-corrected chi connectivity index (χ2v) is 7.59. The Labute approximate surface area is 138 Å². The minimum atomic E-state index is -0.230. The molecule has 0 unspecified atom stereocenters. The van der Waals surface area contributed by atoms with E-state index >= 15 is 0 Å². The monoisotopic (exact) mass is 319 g/mol. The summed E-state index contributed by atoms with van der Waals surface area (Å²) in [4.78, 5) is 9.35. The first-order valence-electron chi connectivity index (χ1n) is 8.79. The SMILES string of the molecule is Cc1nc(N[C@@H]2C[C@@H](O)C23CCOCC3)nc(C)c1CC(C)C. The van der Waals surface area contributed by atoms with E-state index in [4.69, 9.17) is 4.74 Å². The average molecular weight is 319 g/mol. The van der Waals surface area contributed by atoms with Crippen molar-refractivity contribution in [3.05, 3.63) is 17.0 Å². The van der Waals surface area contributed by atoms with Crippen LogP contribution in [0.4, 0.5) is 5.95 Å². The molecule has 1 aromatic rings. The highest BCUT2D eigenvalue weighted by Gasteiger charge is 2.55. The lowest BCUT2D eigenvalue weighted by Crippen LogP contribution is -2.62. The van der Waals surface area contributed by atoms with Gasteiger partial charge in [-0.2, -0.15) is 0 Å². The number of hydrogen-bond acceptors (Lipinski definition) is 5. The van der Waals surface area contributed by atoms with Crippen LogP contribution in [0.15, 0.2) is 0 Å². The van der Waals surface area contributed by atoms with Gasteiger partial charge in [-0.25, -0.2) is 9.97 Å². The molecule has 3 rings (SSSR count). The summed E-state index contributed by atoms with van der Waals surface area (Å²) in [5.41, 5.74) is 3.34. The van der Waals surface area contributed by atoms with Crippen LogP contribution in [0.2, 0.25) is 0 Å². The standard InChI is InChI=1S/C18H29N3O2/c1-11(2)9-14-12(3)19-17(20-13(14)4)21-15-10-16(22)18(15)5-7-23-8-6-18/h11,15-16,22H,5-10H2,1-4H3,(H,19,20,21)/t15-,16-/m1/s1. The second-order valence-electron chi connectivity index (χ2n) is 7.59. The van der Waals surface area contributed by atoms with Gasteiger partial charge in [-0.15, -0.1) is 0 Å². The Morgan fingerprint density at radius 2 is 1.83 bits per heavy atom. The predicted molar refractivity (Wildman–Crippen MR) is 90.6 cm³/mol. The van der Waals surface area contributed by atoms with Gasteiger partial charge in [0, 0.05) is 36.1 Å². The molecule has 1 spiro atoms. The highest BCUT2D eigenvalue weighted by Crippen LogP contribution is 2.49. The summed E-state index contributed by atoms with van der Waals surface area (Å²) in [5.74, 6) is 1.30. The lowest BCUT2D eigenvalue weighted by molar-refractivity contribution is -0.133. The molecule has 1 aliphatic carbocycles. The summed E-state index contributed by atoms with van der Waals surface area (Å²) in [6, 6.07) is 0.246. The largest absolute Gasteiger partial charge is 0.392 e. The van der Waals surface area contributed by atoms with Crippen molar-refractivity contribution in [2.45, 2.75) is 65.5 Å². The molecule has 1 saturated heterocycles. The number of aliphatic hydroxyl groups is 1. The molecular formula is C18H29N3O2. The van der Waals surface area contributed by atoms with Crippen LogP contribution in [0.3, 0.4) is 0 Å². The first kappa shape index (κ1) is 16.7. The molecule has 0 aromatic carbocycles. The maximum absolute atomic E-state index is 10.3. The van der Waals surface area contributed by atoms with Gasteiger partial charge in [0.2, 0.25) is 5.95 Å². The Kier molecular flexibility index (Phi) is 4.61. The van der Waals surface area contributed by atoms with Crippen molar-refractivity contribution >= 4 is 5.95 Å². The summed E-state index contributed by atoms with van der Waals surface area (Å²) in [6.45, 7) is 10.0. The zero-order valence-electron chi connectivity index (χ0n) is 14.7. The van der Waals surface area contributed by atoms with E-state index in [2.05, 4.69) is 43.0 Å². The molecule has 1 saturated carbocycles. The van der Waals surface area contributed by atoms with Crippen LogP contribution in [-0.2, 0) is 11.2 Å². The van der Waals surface area contributed by atoms with Crippen molar-refractivity contribution < 1.29 is 9.84 Å². The number of nitrogens with zero attached hydrogens (tertiary/aromatic N) is 2. The van der Waals surface area contributed by atoms with Gasteiger partial charge in [0.15, 0.2) is 0 Å². The fraction of sp³-hybridized carbons (Fsp3) is 0.778. The third-order valence-corrected chi connectivity index (χ3v) is 5.58. The van der Waals surface area contributed by atoms with Gasteiger partial charge >= 0.3 is 0 Å². The summed E-state index contributed by atoms with van der Waals surface area (Å²) in [6.07, 6.45) is 3.38. The van der Waals surface area contributed by atoms with E-state index < -0.39 is 0 Å². The van der Waals surface area contributed by atoms with E-state index in [9.17, 15) is 5.11 Å². The predicted octanol–water partition coefficient (Wildman–Crippen LogP) is 2.63. The maximum Gasteiger partial charge on any atom is 0.223 e. The Morgan fingerprint density at radius 1 is 1.22 bits per heavy atom. The average Bonchev–Trinajstić information content (AvgIpc) is 2.51. The van der Waals surface area contributed by atoms with Crippen LogP contribution in [0.5, 0.6) is 0 Å². The van der Waals surface area contributed by atoms with Crippen LogP contribution < -0.4 is 5.32 Å². The molecule has 5 heteroatoms. The van der Waals surface area contributed by atoms with Crippen molar-refractivity contribution in [3.63, 3.8) is 0 Å². The normalized spacial score (nSPS) is 26.3. The number of hydrogen-bond donors (Lipinski definition) is 2. The maximum atomic E-state index is 10.3. The molecule has 5 nitrogen and oxygen atoms in total. The summed E-state index contributed by atoms with van der Waals surface area (Å²) in [7, 11) is 0. The minimum Gasteiger partial charge on any atom is -0.392 e. The van der Waals surface area contributed by atoms with Crippen molar-refractivity contribution in [1.82, 2.24) is 9.97 Å². The highest BCUT2D eigenvalue weighted by atomic mass is 16.5. The van der Waals surface area contributed by atoms with Gasteiger partial charge in [0.25, 0.3) is 0 Å².